The monoisotopic (exact) mass is 340 g/mol. The van der Waals surface area contributed by atoms with Crippen molar-refractivity contribution in [3.8, 4) is 0 Å². The first-order valence-corrected chi connectivity index (χ1v) is 8.91. The van der Waals surface area contributed by atoms with E-state index in [9.17, 15) is 0 Å². The SMILES string of the molecule is CNc1ncccc1CN1CCC[C@@H]1c1nc(C)ncc1CN(C)C. The van der Waals surface area contributed by atoms with E-state index >= 15 is 0 Å². The van der Waals surface area contributed by atoms with E-state index in [2.05, 4.69) is 45.2 Å². The second-order valence-corrected chi connectivity index (χ2v) is 6.96. The van der Waals surface area contributed by atoms with E-state index in [1.165, 1.54) is 23.2 Å². The molecule has 1 fully saturated rings. The molecule has 3 heterocycles. The summed E-state index contributed by atoms with van der Waals surface area (Å²) in [6.07, 6.45) is 6.17. The fourth-order valence-electron chi connectivity index (χ4n) is 3.60. The summed E-state index contributed by atoms with van der Waals surface area (Å²) in [4.78, 5) is 18.4. The van der Waals surface area contributed by atoms with Crippen LogP contribution in [0.25, 0.3) is 0 Å². The molecule has 25 heavy (non-hydrogen) atoms. The summed E-state index contributed by atoms with van der Waals surface area (Å²) in [7, 11) is 6.10. The maximum Gasteiger partial charge on any atom is 0.130 e. The molecule has 0 amide bonds. The van der Waals surface area contributed by atoms with E-state index in [1.54, 1.807) is 0 Å². The summed E-state index contributed by atoms with van der Waals surface area (Å²) in [6.45, 7) is 4.82. The maximum atomic E-state index is 4.83. The molecule has 0 radical (unpaired) electrons. The number of pyridine rings is 1. The van der Waals surface area contributed by atoms with Crippen molar-refractivity contribution in [1.29, 1.82) is 0 Å². The van der Waals surface area contributed by atoms with Crippen LogP contribution in [0.3, 0.4) is 0 Å². The second kappa shape index (κ2) is 7.89. The Morgan fingerprint density at radius 3 is 2.88 bits per heavy atom. The van der Waals surface area contributed by atoms with Crippen molar-refractivity contribution in [3.63, 3.8) is 0 Å². The Morgan fingerprint density at radius 1 is 1.28 bits per heavy atom. The van der Waals surface area contributed by atoms with Crippen LogP contribution in [0.1, 0.15) is 41.5 Å². The predicted molar refractivity (Wildman–Crippen MR) is 100 cm³/mol. The Balaban J connectivity index is 1.88. The molecule has 1 N–H and O–H groups in total. The molecule has 0 saturated carbocycles. The van der Waals surface area contributed by atoms with Crippen LogP contribution in [-0.4, -0.2) is 52.4 Å². The Bertz CT molecular complexity index is 715. The highest BCUT2D eigenvalue weighted by Crippen LogP contribution is 2.34. The topological polar surface area (TPSA) is 57.2 Å². The molecule has 0 aliphatic carbocycles. The van der Waals surface area contributed by atoms with Gasteiger partial charge in [0.2, 0.25) is 0 Å². The van der Waals surface area contributed by atoms with Crippen LogP contribution < -0.4 is 5.32 Å². The van der Waals surface area contributed by atoms with Crippen LogP contribution >= 0.6 is 0 Å². The van der Waals surface area contributed by atoms with Crippen molar-refractivity contribution >= 4 is 5.82 Å². The fraction of sp³-hybridized carbons (Fsp3) is 0.526. The lowest BCUT2D eigenvalue weighted by Crippen LogP contribution is -2.26. The summed E-state index contributed by atoms with van der Waals surface area (Å²) in [5.74, 6) is 1.81. The van der Waals surface area contributed by atoms with Crippen molar-refractivity contribution in [2.45, 2.75) is 38.9 Å². The summed E-state index contributed by atoms with van der Waals surface area (Å²) < 4.78 is 0. The van der Waals surface area contributed by atoms with Crippen molar-refractivity contribution in [2.75, 3.05) is 33.0 Å². The molecule has 1 aliphatic rings. The highest BCUT2D eigenvalue weighted by atomic mass is 15.2. The Morgan fingerprint density at radius 2 is 2.12 bits per heavy atom. The van der Waals surface area contributed by atoms with Gasteiger partial charge in [-0.15, -0.1) is 0 Å². The minimum Gasteiger partial charge on any atom is -0.373 e. The summed E-state index contributed by atoms with van der Waals surface area (Å²) in [5.41, 5.74) is 3.65. The van der Waals surface area contributed by atoms with Crippen LogP contribution in [-0.2, 0) is 13.1 Å². The average Bonchev–Trinajstić information content (AvgIpc) is 3.04. The number of hydrogen-bond acceptors (Lipinski definition) is 6. The largest absolute Gasteiger partial charge is 0.373 e. The number of nitrogens with one attached hydrogen (secondary N) is 1. The van der Waals surface area contributed by atoms with Crippen LogP contribution in [0.15, 0.2) is 24.5 Å². The van der Waals surface area contributed by atoms with Gasteiger partial charge in [-0.1, -0.05) is 6.07 Å². The van der Waals surface area contributed by atoms with Crippen LogP contribution in [0.2, 0.25) is 0 Å². The molecule has 3 rings (SSSR count). The van der Waals surface area contributed by atoms with Crippen LogP contribution in [0, 0.1) is 6.92 Å². The molecular formula is C19H28N6. The standard InChI is InChI=1S/C19H28N6/c1-14-22-11-16(12-24(3)4)18(23-14)17-8-6-10-25(17)13-15-7-5-9-21-19(15)20-2/h5,7,9,11,17H,6,8,10,12-13H2,1-4H3,(H,20,21)/t17-/m1/s1. The fourth-order valence-corrected chi connectivity index (χ4v) is 3.60. The molecular weight excluding hydrogens is 312 g/mol. The zero-order valence-corrected chi connectivity index (χ0v) is 15.7. The van der Waals surface area contributed by atoms with Crippen molar-refractivity contribution in [1.82, 2.24) is 24.8 Å². The highest BCUT2D eigenvalue weighted by molar-refractivity contribution is 5.43. The van der Waals surface area contributed by atoms with Gasteiger partial charge in [0.15, 0.2) is 0 Å². The quantitative estimate of drug-likeness (QED) is 0.872. The number of aryl methyl sites for hydroxylation is 1. The van der Waals surface area contributed by atoms with E-state index in [-0.39, 0.29) is 0 Å². The van der Waals surface area contributed by atoms with Crippen LogP contribution in [0.4, 0.5) is 5.82 Å². The van der Waals surface area contributed by atoms with Crippen LogP contribution in [0.5, 0.6) is 0 Å². The predicted octanol–water partition coefficient (Wildman–Crippen LogP) is 2.62. The molecule has 6 nitrogen and oxygen atoms in total. The normalized spacial score (nSPS) is 18.0. The lowest BCUT2D eigenvalue weighted by atomic mass is 10.0. The van der Waals surface area contributed by atoms with Gasteiger partial charge in [0.25, 0.3) is 0 Å². The van der Waals surface area contributed by atoms with E-state index in [0.29, 0.717) is 6.04 Å². The first-order valence-electron chi connectivity index (χ1n) is 8.91. The van der Waals surface area contributed by atoms with E-state index in [4.69, 9.17) is 4.98 Å². The van der Waals surface area contributed by atoms with E-state index < -0.39 is 0 Å². The average molecular weight is 340 g/mol. The molecule has 2 aromatic heterocycles. The molecule has 1 atom stereocenters. The van der Waals surface area contributed by atoms with Gasteiger partial charge in [0.05, 0.1) is 11.7 Å². The third-order valence-electron chi connectivity index (χ3n) is 4.69. The zero-order chi connectivity index (χ0) is 17.8. The molecule has 6 heteroatoms. The van der Waals surface area contributed by atoms with Gasteiger partial charge in [0.1, 0.15) is 11.6 Å². The lowest BCUT2D eigenvalue weighted by Gasteiger charge is -2.27. The van der Waals surface area contributed by atoms with Gasteiger partial charge in [-0.05, 0) is 46.5 Å². The Hall–Kier alpha value is -2.05. The maximum absolute atomic E-state index is 4.83. The number of likely N-dealkylation sites (tertiary alicyclic amines) is 1. The molecule has 0 aromatic carbocycles. The van der Waals surface area contributed by atoms with Gasteiger partial charge >= 0.3 is 0 Å². The molecule has 134 valence electrons. The lowest BCUT2D eigenvalue weighted by molar-refractivity contribution is 0.241. The van der Waals surface area contributed by atoms with Gasteiger partial charge in [-0.2, -0.15) is 0 Å². The molecule has 2 aromatic rings. The van der Waals surface area contributed by atoms with Crippen molar-refractivity contribution in [2.24, 2.45) is 0 Å². The van der Waals surface area contributed by atoms with Gasteiger partial charge in [-0.25, -0.2) is 15.0 Å². The minimum atomic E-state index is 0.349. The summed E-state index contributed by atoms with van der Waals surface area (Å²) in [6, 6.07) is 4.51. The third kappa shape index (κ3) is 4.14. The first kappa shape index (κ1) is 17.8. The van der Waals surface area contributed by atoms with Crippen molar-refractivity contribution < 1.29 is 0 Å². The minimum absolute atomic E-state index is 0.349. The van der Waals surface area contributed by atoms with Crippen molar-refractivity contribution in [3.05, 3.63) is 47.2 Å². The molecule has 0 spiro atoms. The third-order valence-corrected chi connectivity index (χ3v) is 4.69. The molecule has 0 unspecified atom stereocenters. The Labute approximate surface area is 150 Å². The Kier molecular flexibility index (Phi) is 5.60. The molecule has 0 bridgehead atoms. The van der Waals surface area contributed by atoms with E-state index in [1.807, 2.05) is 32.4 Å². The number of anilines is 1. The summed E-state index contributed by atoms with van der Waals surface area (Å²) in [5, 5.41) is 3.20. The van der Waals surface area contributed by atoms with E-state index in [0.717, 1.165) is 37.7 Å². The second-order valence-electron chi connectivity index (χ2n) is 6.96. The molecule has 1 saturated heterocycles. The number of aromatic nitrogens is 3. The first-order chi connectivity index (χ1) is 12.1. The molecule has 1 aliphatic heterocycles. The smallest absolute Gasteiger partial charge is 0.130 e. The number of nitrogens with zero attached hydrogens (tertiary/aromatic N) is 5. The number of hydrogen-bond donors (Lipinski definition) is 1. The van der Waals surface area contributed by atoms with Gasteiger partial charge < -0.3 is 10.2 Å². The van der Waals surface area contributed by atoms with Gasteiger partial charge in [0, 0.05) is 43.7 Å². The zero-order valence-electron chi connectivity index (χ0n) is 15.7. The highest BCUT2D eigenvalue weighted by Gasteiger charge is 2.30. The van der Waals surface area contributed by atoms with Gasteiger partial charge in [-0.3, -0.25) is 4.90 Å². The summed E-state index contributed by atoms with van der Waals surface area (Å²) >= 11 is 0. The number of rotatable bonds is 6.